The molecule has 1 heterocycles. The number of aromatic nitrogens is 2. The number of nitrogens with zero attached hydrogens (tertiary/aromatic N) is 2. The highest BCUT2D eigenvalue weighted by atomic mass is 32.2. The Morgan fingerprint density at radius 1 is 1.22 bits per heavy atom. The summed E-state index contributed by atoms with van der Waals surface area (Å²) in [6.07, 6.45) is 7.47. The Bertz CT molecular complexity index is 590. The third kappa shape index (κ3) is 2.77. The molecule has 1 unspecified atom stereocenters. The molecule has 0 radical (unpaired) electrons. The summed E-state index contributed by atoms with van der Waals surface area (Å²) in [7, 11) is 0. The first kappa shape index (κ1) is 15.4. The van der Waals surface area contributed by atoms with E-state index >= 15 is 0 Å². The molecule has 4 aliphatic rings. The molecule has 1 aromatic heterocycles. The number of rotatable bonds is 4. The van der Waals surface area contributed by atoms with Crippen molar-refractivity contribution < 1.29 is 4.79 Å². The standard InChI is InChI=1S/C18H25N3OS/c1-10-3-15(19)21-17(20-10)23-11(2)16(22)18-7-12-4-13(8-18)6-14(5-12)9-18/h3,11-14H,4-9H2,1-2H3,(H2,19,20,21). The second-order valence-electron chi connectivity index (χ2n) is 8.04. The molecule has 4 bridgehead atoms. The topological polar surface area (TPSA) is 68.9 Å². The number of nitrogens with two attached hydrogens (primary N) is 1. The number of anilines is 1. The summed E-state index contributed by atoms with van der Waals surface area (Å²) in [5.74, 6) is 3.31. The molecule has 5 heteroatoms. The maximum Gasteiger partial charge on any atom is 0.190 e. The normalized spacial score (nSPS) is 36.2. The number of carbonyl (C=O) groups excluding carboxylic acids is 1. The van der Waals surface area contributed by atoms with E-state index in [0.29, 0.717) is 16.8 Å². The number of nitrogen functional groups attached to an aromatic ring is 1. The van der Waals surface area contributed by atoms with Gasteiger partial charge in [-0.3, -0.25) is 4.79 Å². The van der Waals surface area contributed by atoms with E-state index in [4.69, 9.17) is 5.73 Å². The molecule has 4 saturated carbocycles. The van der Waals surface area contributed by atoms with Crippen LogP contribution in [0.3, 0.4) is 0 Å². The summed E-state index contributed by atoms with van der Waals surface area (Å²) in [6.45, 7) is 3.93. The van der Waals surface area contributed by atoms with Gasteiger partial charge < -0.3 is 5.73 Å². The highest BCUT2D eigenvalue weighted by Crippen LogP contribution is 2.61. The number of Topliss-reactive ketones (excluding diaryl/α,β-unsaturated/α-hetero) is 1. The summed E-state index contributed by atoms with van der Waals surface area (Å²) >= 11 is 1.48. The second-order valence-corrected chi connectivity index (χ2v) is 9.35. The lowest BCUT2D eigenvalue weighted by Crippen LogP contribution is -2.51. The molecule has 1 atom stereocenters. The lowest BCUT2D eigenvalue weighted by atomic mass is 9.48. The Balaban J connectivity index is 1.52. The monoisotopic (exact) mass is 331 g/mol. The number of hydrogen-bond donors (Lipinski definition) is 1. The molecular weight excluding hydrogens is 306 g/mol. The molecule has 5 rings (SSSR count). The van der Waals surface area contributed by atoms with Gasteiger partial charge in [-0.25, -0.2) is 9.97 Å². The molecule has 2 N–H and O–H groups in total. The van der Waals surface area contributed by atoms with Crippen molar-refractivity contribution in [1.29, 1.82) is 0 Å². The first-order chi connectivity index (χ1) is 10.9. The first-order valence-electron chi connectivity index (χ1n) is 8.76. The lowest BCUT2D eigenvalue weighted by molar-refractivity contribution is -0.142. The fraction of sp³-hybridized carbons (Fsp3) is 0.722. The third-order valence-electron chi connectivity index (χ3n) is 6.07. The molecule has 0 saturated heterocycles. The van der Waals surface area contributed by atoms with E-state index in [1.165, 1.54) is 31.0 Å². The Morgan fingerprint density at radius 2 is 1.78 bits per heavy atom. The van der Waals surface area contributed by atoms with Crippen molar-refractivity contribution in [2.24, 2.45) is 23.2 Å². The van der Waals surface area contributed by atoms with Crippen molar-refractivity contribution in [3.05, 3.63) is 11.8 Å². The molecule has 0 spiro atoms. The minimum atomic E-state index is -0.0903. The number of carbonyl (C=O) groups is 1. The maximum absolute atomic E-state index is 13.3. The van der Waals surface area contributed by atoms with Crippen molar-refractivity contribution in [3.63, 3.8) is 0 Å². The van der Waals surface area contributed by atoms with Gasteiger partial charge in [0.1, 0.15) is 5.82 Å². The molecule has 0 aromatic carbocycles. The van der Waals surface area contributed by atoms with Crippen LogP contribution >= 0.6 is 11.8 Å². The zero-order valence-corrected chi connectivity index (χ0v) is 14.7. The summed E-state index contributed by atoms with van der Waals surface area (Å²) in [4.78, 5) is 22.0. The van der Waals surface area contributed by atoms with Crippen LogP contribution in [-0.2, 0) is 4.79 Å². The lowest BCUT2D eigenvalue weighted by Gasteiger charge is -2.56. The van der Waals surface area contributed by atoms with Crippen molar-refractivity contribution in [1.82, 2.24) is 9.97 Å². The van der Waals surface area contributed by atoms with Gasteiger partial charge in [0.25, 0.3) is 0 Å². The maximum atomic E-state index is 13.3. The number of aryl methyl sites for hydroxylation is 1. The van der Waals surface area contributed by atoms with Gasteiger partial charge in [0.05, 0.1) is 5.25 Å². The molecular formula is C18H25N3OS. The molecule has 124 valence electrons. The van der Waals surface area contributed by atoms with E-state index < -0.39 is 0 Å². The number of thioether (sulfide) groups is 1. The van der Waals surface area contributed by atoms with Gasteiger partial charge in [0, 0.05) is 17.2 Å². The van der Waals surface area contributed by atoms with E-state index in [9.17, 15) is 4.79 Å². The highest BCUT2D eigenvalue weighted by molar-refractivity contribution is 8.00. The van der Waals surface area contributed by atoms with Crippen LogP contribution in [0.2, 0.25) is 0 Å². The molecule has 0 amide bonds. The minimum Gasteiger partial charge on any atom is -0.384 e. The van der Waals surface area contributed by atoms with Crippen LogP contribution in [0.25, 0.3) is 0 Å². The molecule has 4 fully saturated rings. The number of hydrogen-bond acceptors (Lipinski definition) is 5. The zero-order valence-electron chi connectivity index (χ0n) is 13.9. The zero-order chi connectivity index (χ0) is 16.2. The average molecular weight is 331 g/mol. The minimum absolute atomic E-state index is 0.0451. The SMILES string of the molecule is Cc1cc(N)nc(SC(C)C(=O)C23CC4CC(CC(C4)C2)C3)n1. The highest BCUT2D eigenvalue weighted by Gasteiger charge is 2.55. The fourth-order valence-corrected chi connectivity index (χ4v) is 6.70. The second kappa shape index (κ2) is 5.47. The summed E-state index contributed by atoms with van der Waals surface area (Å²) in [5, 5.41) is 0.542. The Morgan fingerprint density at radius 3 is 2.30 bits per heavy atom. The van der Waals surface area contributed by atoms with Crippen LogP contribution in [0.5, 0.6) is 0 Å². The average Bonchev–Trinajstić information content (AvgIpc) is 2.43. The largest absolute Gasteiger partial charge is 0.384 e. The quantitative estimate of drug-likeness (QED) is 0.674. The van der Waals surface area contributed by atoms with Gasteiger partial charge in [0.15, 0.2) is 10.9 Å². The van der Waals surface area contributed by atoms with Crippen molar-refractivity contribution in [2.45, 2.75) is 62.8 Å². The van der Waals surface area contributed by atoms with Gasteiger partial charge in [-0.1, -0.05) is 11.8 Å². The predicted molar refractivity (Wildman–Crippen MR) is 92.1 cm³/mol. The summed E-state index contributed by atoms with van der Waals surface area (Å²) in [5.41, 5.74) is 6.62. The van der Waals surface area contributed by atoms with Crippen LogP contribution in [0.1, 0.15) is 51.1 Å². The van der Waals surface area contributed by atoms with Gasteiger partial charge in [-0.15, -0.1) is 0 Å². The fourth-order valence-electron chi connectivity index (χ4n) is 5.67. The van der Waals surface area contributed by atoms with Gasteiger partial charge in [0.2, 0.25) is 0 Å². The van der Waals surface area contributed by atoms with Gasteiger partial charge in [-0.2, -0.15) is 0 Å². The molecule has 0 aliphatic heterocycles. The molecule has 4 aliphatic carbocycles. The van der Waals surface area contributed by atoms with E-state index in [2.05, 4.69) is 9.97 Å². The Kier molecular flexibility index (Phi) is 3.67. The van der Waals surface area contributed by atoms with Crippen LogP contribution in [0.4, 0.5) is 5.82 Å². The predicted octanol–water partition coefficient (Wildman–Crippen LogP) is 3.63. The van der Waals surface area contributed by atoms with Gasteiger partial charge in [-0.05, 0) is 70.1 Å². The van der Waals surface area contributed by atoms with E-state index in [1.54, 1.807) is 6.07 Å². The van der Waals surface area contributed by atoms with E-state index in [0.717, 1.165) is 42.7 Å². The Hall–Kier alpha value is -1.10. The van der Waals surface area contributed by atoms with E-state index in [1.807, 2.05) is 13.8 Å². The van der Waals surface area contributed by atoms with Crippen LogP contribution in [0.15, 0.2) is 11.2 Å². The van der Waals surface area contributed by atoms with E-state index in [-0.39, 0.29) is 10.7 Å². The smallest absolute Gasteiger partial charge is 0.190 e. The van der Waals surface area contributed by atoms with Crippen molar-refractivity contribution in [3.8, 4) is 0 Å². The number of ketones is 1. The Labute approximate surface area is 142 Å². The summed E-state index contributed by atoms with van der Waals surface area (Å²) in [6, 6.07) is 1.76. The van der Waals surface area contributed by atoms with Crippen LogP contribution in [-0.4, -0.2) is 21.0 Å². The van der Waals surface area contributed by atoms with Crippen molar-refractivity contribution >= 4 is 23.4 Å². The molecule has 23 heavy (non-hydrogen) atoms. The van der Waals surface area contributed by atoms with Crippen LogP contribution < -0.4 is 5.73 Å². The first-order valence-corrected chi connectivity index (χ1v) is 9.63. The van der Waals surface area contributed by atoms with Crippen molar-refractivity contribution in [2.75, 3.05) is 5.73 Å². The molecule has 4 nitrogen and oxygen atoms in total. The molecule has 1 aromatic rings. The van der Waals surface area contributed by atoms with Crippen LogP contribution in [0, 0.1) is 30.1 Å². The van der Waals surface area contributed by atoms with Gasteiger partial charge >= 0.3 is 0 Å². The third-order valence-corrected chi connectivity index (χ3v) is 7.03. The summed E-state index contributed by atoms with van der Waals surface area (Å²) < 4.78 is 0.